The Kier molecular flexibility index (Phi) is 2.62. The molecule has 0 atom stereocenters. The lowest BCUT2D eigenvalue weighted by molar-refractivity contribution is -0.147. The summed E-state index contributed by atoms with van der Waals surface area (Å²) < 4.78 is 5.17. The van der Waals surface area contributed by atoms with E-state index >= 15 is 0 Å². The third-order valence-corrected chi connectivity index (χ3v) is 2.59. The van der Waals surface area contributed by atoms with Gasteiger partial charge in [-0.2, -0.15) is 0 Å². The first-order valence-electron chi connectivity index (χ1n) is 4.19. The summed E-state index contributed by atoms with van der Waals surface area (Å²) in [6.45, 7) is 3.88. The summed E-state index contributed by atoms with van der Waals surface area (Å²) in [5.74, 6) is -0.121. The van der Waals surface area contributed by atoms with Crippen molar-refractivity contribution in [3.8, 4) is 0 Å². The van der Waals surface area contributed by atoms with Crippen molar-refractivity contribution >= 4 is 11.6 Å². The van der Waals surface area contributed by atoms with Crippen LogP contribution in [-0.2, 0) is 14.3 Å². The molecule has 0 bridgehead atoms. The maximum absolute atomic E-state index is 11.3. The van der Waals surface area contributed by atoms with Crippen molar-refractivity contribution in [2.24, 2.45) is 5.41 Å². The summed E-state index contributed by atoms with van der Waals surface area (Å²) in [5, 5.41) is 0. The minimum Gasteiger partial charge on any atom is -0.380 e. The van der Waals surface area contributed by atoms with E-state index in [1.54, 1.807) is 0 Å². The summed E-state index contributed by atoms with van der Waals surface area (Å²) in [5.41, 5.74) is -0.821. The molecule has 3 nitrogen and oxygen atoms in total. The standard InChI is InChI=1S/C9H14O3/c1-7(10)9(8(2)11)4-3-5-12-6-9/h3-6H2,1-2H3. The Morgan fingerprint density at radius 2 is 1.83 bits per heavy atom. The molecule has 0 amide bonds. The summed E-state index contributed by atoms with van der Waals surface area (Å²) in [6.07, 6.45) is 1.46. The van der Waals surface area contributed by atoms with E-state index < -0.39 is 5.41 Å². The van der Waals surface area contributed by atoms with Gasteiger partial charge < -0.3 is 4.74 Å². The Morgan fingerprint density at radius 1 is 1.25 bits per heavy atom. The summed E-state index contributed by atoms with van der Waals surface area (Å²) >= 11 is 0. The molecule has 0 aromatic carbocycles. The highest BCUT2D eigenvalue weighted by atomic mass is 16.5. The molecular formula is C9H14O3. The molecule has 1 aliphatic rings. The number of carbonyl (C=O) groups excluding carboxylic acids is 2. The van der Waals surface area contributed by atoms with Crippen molar-refractivity contribution < 1.29 is 14.3 Å². The molecule has 1 heterocycles. The van der Waals surface area contributed by atoms with Crippen LogP contribution in [0, 0.1) is 5.41 Å². The van der Waals surface area contributed by atoms with Gasteiger partial charge in [0.1, 0.15) is 17.0 Å². The van der Waals surface area contributed by atoms with E-state index in [1.165, 1.54) is 13.8 Å². The van der Waals surface area contributed by atoms with Crippen molar-refractivity contribution in [3.63, 3.8) is 0 Å². The second-order valence-electron chi connectivity index (χ2n) is 3.35. The van der Waals surface area contributed by atoms with Crippen LogP contribution in [0.5, 0.6) is 0 Å². The van der Waals surface area contributed by atoms with Crippen molar-refractivity contribution in [1.82, 2.24) is 0 Å². The summed E-state index contributed by atoms with van der Waals surface area (Å²) in [6, 6.07) is 0. The maximum atomic E-state index is 11.3. The first-order valence-corrected chi connectivity index (χ1v) is 4.19. The fourth-order valence-electron chi connectivity index (χ4n) is 1.60. The smallest absolute Gasteiger partial charge is 0.145 e. The minimum atomic E-state index is -0.821. The quantitative estimate of drug-likeness (QED) is 0.580. The lowest BCUT2D eigenvalue weighted by Gasteiger charge is -2.31. The van der Waals surface area contributed by atoms with E-state index in [-0.39, 0.29) is 18.2 Å². The average molecular weight is 170 g/mol. The summed E-state index contributed by atoms with van der Waals surface area (Å²) in [4.78, 5) is 22.5. The normalized spacial score (nSPS) is 21.8. The van der Waals surface area contributed by atoms with Crippen LogP contribution < -0.4 is 0 Å². The molecule has 0 saturated carbocycles. The van der Waals surface area contributed by atoms with Gasteiger partial charge in [-0.05, 0) is 26.7 Å². The third-order valence-electron chi connectivity index (χ3n) is 2.59. The summed E-state index contributed by atoms with van der Waals surface area (Å²) in [7, 11) is 0. The SMILES string of the molecule is CC(=O)C1(C(C)=O)CCCOC1. The number of ether oxygens (including phenoxy) is 1. The molecule has 1 aliphatic heterocycles. The van der Waals surface area contributed by atoms with E-state index in [0.717, 1.165) is 6.42 Å². The largest absolute Gasteiger partial charge is 0.380 e. The van der Waals surface area contributed by atoms with Crippen LogP contribution in [0.1, 0.15) is 26.7 Å². The first kappa shape index (κ1) is 9.39. The third kappa shape index (κ3) is 1.41. The van der Waals surface area contributed by atoms with Gasteiger partial charge in [0.2, 0.25) is 0 Å². The van der Waals surface area contributed by atoms with E-state index in [1.807, 2.05) is 0 Å². The van der Waals surface area contributed by atoms with E-state index in [2.05, 4.69) is 0 Å². The molecule has 0 radical (unpaired) electrons. The lowest BCUT2D eigenvalue weighted by atomic mass is 9.76. The van der Waals surface area contributed by atoms with Crippen molar-refractivity contribution in [1.29, 1.82) is 0 Å². The van der Waals surface area contributed by atoms with Gasteiger partial charge in [-0.1, -0.05) is 0 Å². The minimum absolute atomic E-state index is 0.0605. The average Bonchev–Trinajstić information content (AvgIpc) is 2.05. The highest BCUT2D eigenvalue weighted by molar-refractivity contribution is 6.05. The molecule has 1 saturated heterocycles. The number of rotatable bonds is 2. The fourth-order valence-corrected chi connectivity index (χ4v) is 1.60. The van der Waals surface area contributed by atoms with Crippen LogP contribution in [0.2, 0.25) is 0 Å². The molecule has 3 heteroatoms. The fraction of sp³-hybridized carbons (Fsp3) is 0.778. The Balaban J connectivity index is 2.84. The number of hydrogen-bond acceptors (Lipinski definition) is 3. The molecule has 1 rings (SSSR count). The monoisotopic (exact) mass is 170 g/mol. The topological polar surface area (TPSA) is 43.4 Å². The Morgan fingerprint density at radius 3 is 2.08 bits per heavy atom. The molecule has 68 valence electrons. The highest BCUT2D eigenvalue weighted by Gasteiger charge is 2.41. The molecule has 0 spiro atoms. The van der Waals surface area contributed by atoms with Crippen LogP contribution in [0.3, 0.4) is 0 Å². The molecular weight excluding hydrogens is 156 g/mol. The van der Waals surface area contributed by atoms with Crippen LogP contribution >= 0.6 is 0 Å². The molecule has 0 N–H and O–H groups in total. The molecule has 0 aromatic rings. The number of Topliss-reactive ketones (excluding diaryl/α,β-unsaturated/α-hetero) is 2. The van der Waals surface area contributed by atoms with Gasteiger partial charge in [0.25, 0.3) is 0 Å². The zero-order chi connectivity index (χ0) is 9.19. The van der Waals surface area contributed by atoms with Gasteiger partial charge in [0.15, 0.2) is 0 Å². The van der Waals surface area contributed by atoms with Crippen molar-refractivity contribution in [3.05, 3.63) is 0 Å². The first-order chi connectivity index (χ1) is 5.59. The Bertz CT molecular complexity index is 186. The van der Waals surface area contributed by atoms with Gasteiger partial charge in [-0.25, -0.2) is 0 Å². The second kappa shape index (κ2) is 3.35. The molecule has 0 unspecified atom stereocenters. The van der Waals surface area contributed by atoms with Gasteiger partial charge in [-0.3, -0.25) is 9.59 Å². The molecule has 0 aliphatic carbocycles. The lowest BCUT2D eigenvalue weighted by Crippen LogP contribution is -2.43. The van der Waals surface area contributed by atoms with Gasteiger partial charge >= 0.3 is 0 Å². The molecule has 12 heavy (non-hydrogen) atoms. The van der Waals surface area contributed by atoms with Crippen molar-refractivity contribution in [2.45, 2.75) is 26.7 Å². The second-order valence-corrected chi connectivity index (χ2v) is 3.35. The zero-order valence-corrected chi connectivity index (χ0v) is 7.55. The predicted octanol–water partition coefficient (Wildman–Crippen LogP) is 0.961. The van der Waals surface area contributed by atoms with Gasteiger partial charge in [0.05, 0.1) is 6.61 Å². The van der Waals surface area contributed by atoms with Crippen LogP contribution in [0.4, 0.5) is 0 Å². The van der Waals surface area contributed by atoms with Crippen molar-refractivity contribution in [2.75, 3.05) is 13.2 Å². The van der Waals surface area contributed by atoms with E-state index in [0.29, 0.717) is 13.0 Å². The van der Waals surface area contributed by atoms with Gasteiger partial charge in [-0.15, -0.1) is 0 Å². The van der Waals surface area contributed by atoms with Crippen LogP contribution in [0.15, 0.2) is 0 Å². The highest BCUT2D eigenvalue weighted by Crippen LogP contribution is 2.30. The van der Waals surface area contributed by atoms with Crippen LogP contribution in [-0.4, -0.2) is 24.8 Å². The number of hydrogen-bond donors (Lipinski definition) is 0. The van der Waals surface area contributed by atoms with E-state index in [9.17, 15) is 9.59 Å². The number of carbonyl (C=O) groups is 2. The Labute approximate surface area is 72.1 Å². The molecule has 1 fully saturated rings. The zero-order valence-electron chi connectivity index (χ0n) is 7.55. The van der Waals surface area contributed by atoms with Crippen LogP contribution in [0.25, 0.3) is 0 Å². The Hall–Kier alpha value is -0.700. The number of ketones is 2. The predicted molar refractivity (Wildman–Crippen MR) is 43.8 cm³/mol. The van der Waals surface area contributed by atoms with Gasteiger partial charge in [0, 0.05) is 6.61 Å². The van der Waals surface area contributed by atoms with E-state index in [4.69, 9.17) is 4.74 Å². The molecule has 0 aromatic heterocycles. The maximum Gasteiger partial charge on any atom is 0.145 e.